The Morgan fingerprint density at radius 2 is 1.84 bits per heavy atom. The second-order valence-electron chi connectivity index (χ2n) is 9.66. The smallest absolute Gasteiger partial charge is 0.314 e. The quantitative estimate of drug-likeness (QED) is 0.257. The molecule has 192 valence electrons. The van der Waals surface area contributed by atoms with E-state index in [4.69, 9.17) is 10.5 Å². The van der Waals surface area contributed by atoms with Crippen molar-refractivity contribution in [3.8, 4) is 16.9 Å². The van der Waals surface area contributed by atoms with Gasteiger partial charge in [0.25, 0.3) is 0 Å². The molecular weight excluding hydrogens is 464 g/mol. The molecule has 0 saturated heterocycles. The first kappa shape index (κ1) is 24.6. The van der Waals surface area contributed by atoms with E-state index in [9.17, 15) is 4.79 Å². The van der Waals surface area contributed by atoms with Crippen LogP contribution in [-0.2, 0) is 6.61 Å². The lowest BCUT2D eigenvalue weighted by molar-refractivity contribution is 0.192. The number of anilines is 1. The highest BCUT2D eigenvalue weighted by Gasteiger charge is 2.33. The fraction of sp³-hybridized carbons (Fsp3) is 0.345. The molecule has 0 bridgehead atoms. The maximum Gasteiger partial charge on any atom is 0.314 e. The maximum absolute atomic E-state index is 12.0. The van der Waals surface area contributed by atoms with Crippen LogP contribution in [0.15, 0.2) is 67.1 Å². The maximum atomic E-state index is 12.0. The Hall–Kier alpha value is -4.07. The van der Waals surface area contributed by atoms with Crippen molar-refractivity contribution in [2.45, 2.75) is 45.3 Å². The average molecular weight is 499 g/mol. The molecule has 1 saturated carbocycles. The number of fused-ring (bicyclic) bond motifs is 1. The standard InChI is InChI=1S/C29H34N6O2/c1-2-3-13-31-29(36)32-16-21-14-22(15-21)35-17-24(26-27(30)33-19-34-28(26)35)23-11-7-8-12-25(23)37-18-20-9-5-4-6-10-20/h4-12,17,19,21-22H,2-3,13-16,18H2,1H3,(H2,30,33,34)(H2,31,32,36). The van der Waals surface area contributed by atoms with Crippen molar-refractivity contribution in [3.63, 3.8) is 0 Å². The first-order chi connectivity index (χ1) is 18.1. The SMILES string of the molecule is CCCCNC(=O)NCC1CC(n2cc(-c3ccccc3OCc3ccccc3)c3c(N)ncnc32)C1. The van der Waals surface area contributed by atoms with E-state index in [2.05, 4.69) is 56.5 Å². The molecule has 0 radical (unpaired) electrons. The minimum Gasteiger partial charge on any atom is -0.488 e. The van der Waals surface area contributed by atoms with Gasteiger partial charge in [0.2, 0.25) is 0 Å². The number of amides is 2. The molecule has 4 N–H and O–H groups in total. The van der Waals surface area contributed by atoms with Crippen molar-refractivity contribution in [1.29, 1.82) is 0 Å². The summed E-state index contributed by atoms with van der Waals surface area (Å²) in [5.41, 5.74) is 10.2. The molecule has 8 heteroatoms. The zero-order valence-corrected chi connectivity index (χ0v) is 21.2. The second-order valence-corrected chi connectivity index (χ2v) is 9.66. The highest BCUT2D eigenvalue weighted by molar-refractivity contribution is 6.01. The molecule has 5 rings (SSSR count). The van der Waals surface area contributed by atoms with Crippen LogP contribution < -0.4 is 21.1 Å². The third-order valence-electron chi connectivity index (χ3n) is 7.02. The number of ether oxygens (including phenoxy) is 1. The van der Waals surface area contributed by atoms with Gasteiger partial charge in [-0.2, -0.15) is 0 Å². The summed E-state index contributed by atoms with van der Waals surface area (Å²) < 4.78 is 8.46. The number of hydrogen-bond acceptors (Lipinski definition) is 5. The third-order valence-corrected chi connectivity index (χ3v) is 7.02. The predicted molar refractivity (Wildman–Crippen MR) is 146 cm³/mol. The average Bonchev–Trinajstić information content (AvgIpc) is 3.28. The third kappa shape index (κ3) is 5.53. The first-order valence-corrected chi connectivity index (χ1v) is 13.0. The molecule has 2 aromatic heterocycles. The van der Waals surface area contributed by atoms with Crippen LogP contribution in [0.25, 0.3) is 22.2 Å². The zero-order valence-electron chi connectivity index (χ0n) is 21.2. The number of nitrogen functional groups attached to an aromatic ring is 1. The van der Waals surface area contributed by atoms with E-state index in [0.29, 0.717) is 31.4 Å². The molecule has 8 nitrogen and oxygen atoms in total. The lowest BCUT2D eigenvalue weighted by Crippen LogP contribution is -2.41. The van der Waals surface area contributed by atoms with Gasteiger partial charge in [-0.25, -0.2) is 14.8 Å². The molecule has 4 aromatic rings. The molecule has 2 aromatic carbocycles. The largest absolute Gasteiger partial charge is 0.488 e. The number of carbonyl (C=O) groups excluding carboxylic acids is 1. The topological polar surface area (TPSA) is 107 Å². The Kier molecular flexibility index (Phi) is 7.54. The van der Waals surface area contributed by atoms with Crippen molar-refractivity contribution in [1.82, 2.24) is 25.2 Å². The van der Waals surface area contributed by atoms with Crippen molar-refractivity contribution < 1.29 is 9.53 Å². The number of carbonyl (C=O) groups is 1. The van der Waals surface area contributed by atoms with Crippen LogP contribution >= 0.6 is 0 Å². The highest BCUT2D eigenvalue weighted by Crippen LogP contribution is 2.44. The Balaban J connectivity index is 1.33. The number of nitrogens with one attached hydrogen (secondary N) is 2. The number of hydrogen-bond donors (Lipinski definition) is 3. The number of para-hydroxylation sites is 1. The van der Waals surface area contributed by atoms with E-state index in [1.54, 1.807) is 0 Å². The van der Waals surface area contributed by atoms with E-state index in [1.165, 1.54) is 6.33 Å². The lowest BCUT2D eigenvalue weighted by atomic mass is 9.80. The van der Waals surface area contributed by atoms with Gasteiger partial charge in [0.1, 0.15) is 30.1 Å². The summed E-state index contributed by atoms with van der Waals surface area (Å²) in [6.45, 7) is 3.98. The predicted octanol–water partition coefficient (Wildman–Crippen LogP) is 5.31. The highest BCUT2D eigenvalue weighted by atomic mass is 16.5. The van der Waals surface area contributed by atoms with Crippen LogP contribution in [0.4, 0.5) is 10.6 Å². The minimum absolute atomic E-state index is 0.0850. The van der Waals surface area contributed by atoms with Crippen LogP contribution in [0.3, 0.4) is 0 Å². The molecule has 0 spiro atoms. The summed E-state index contributed by atoms with van der Waals surface area (Å²) in [6.07, 6.45) is 7.64. The van der Waals surface area contributed by atoms with Gasteiger partial charge in [-0.1, -0.05) is 61.9 Å². The van der Waals surface area contributed by atoms with Gasteiger partial charge >= 0.3 is 6.03 Å². The normalized spacial score (nSPS) is 16.8. The number of benzene rings is 2. The fourth-order valence-corrected chi connectivity index (χ4v) is 4.91. The molecule has 1 aliphatic rings. The van der Waals surface area contributed by atoms with E-state index >= 15 is 0 Å². The first-order valence-electron chi connectivity index (χ1n) is 13.0. The van der Waals surface area contributed by atoms with Crippen LogP contribution in [0.1, 0.15) is 44.2 Å². The van der Waals surface area contributed by atoms with Crippen molar-refractivity contribution >= 4 is 22.9 Å². The zero-order chi connectivity index (χ0) is 25.6. The number of nitrogens with zero attached hydrogens (tertiary/aromatic N) is 3. The Labute approximate surface area is 217 Å². The summed E-state index contributed by atoms with van der Waals surface area (Å²) in [6, 6.07) is 18.3. The molecular formula is C29H34N6O2. The molecule has 2 amide bonds. The molecule has 0 aliphatic heterocycles. The number of urea groups is 1. The summed E-state index contributed by atoms with van der Waals surface area (Å²) >= 11 is 0. The van der Waals surface area contributed by atoms with Gasteiger partial charge in [0.05, 0.1) is 5.39 Å². The monoisotopic (exact) mass is 498 g/mol. The summed E-state index contributed by atoms with van der Waals surface area (Å²) in [4.78, 5) is 20.9. The van der Waals surface area contributed by atoms with E-state index in [1.807, 2.05) is 36.4 Å². The summed E-state index contributed by atoms with van der Waals surface area (Å²) in [5.74, 6) is 1.68. The molecule has 0 unspecified atom stereocenters. The van der Waals surface area contributed by atoms with E-state index in [-0.39, 0.29) is 12.1 Å². The molecule has 37 heavy (non-hydrogen) atoms. The van der Waals surface area contributed by atoms with Crippen LogP contribution in [0.2, 0.25) is 0 Å². The van der Waals surface area contributed by atoms with E-state index in [0.717, 1.165) is 59.2 Å². The van der Waals surface area contributed by atoms with Gasteiger partial charge in [0, 0.05) is 36.5 Å². The number of aromatic nitrogens is 3. The van der Waals surface area contributed by atoms with Crippen molar-refractivity contribution in [2.75, 3.05) is 18.8 Å². The molecule has 0 atom stereocenters. The van der Waals surface area contributed by atoms with Gasteiger partial charge in [-0.15, -0.1) is 0 Å². The van der Waals surface area contributed by atoms with Crippen LogP contribution in [0, 0.1) is 5.92 Å². The second kappa shape index (κ2) is 11.3. The Morgan fingerprint density at radius 3 is 2.65 bits per heavy atom. The number of unbranched alkanes of at least 4 members (excludes halogenated alkanes) is 1. The summed E-state index contributed by atoms with van der Waals surface area (Å²) in [7, 11) is 0. The number of rotatable bonds is 10. The van der Waals surface area contributed by atoms with Gasteiger partial charge in [0.15, 0.2) is 0 Å². The Morgan fingerprint density at radius 1 is 1.05 bits per heavy atom. The van der Waals surface area contributed by atoms with Crippen LogP contribution in [-0.4, -0.2) is 33.7 Å². The molecule has 2 heterocycles. The van der Waals surface area contributed by atoms with Gasteiger partial charge in [-0.3, -0.25) is 0 Å². The lowest BCUT2D eigenvalue weighted by Gasteiger charge is -2.36. The van der Waals surface area contributed by atoms with Crippen molar-refractivity contribution in [2.24, 2.45) is 5.92 Å². The molecule has 1 aliphatic carbocycles. The molecule has 1 fully saturated rings. The fourth-order valence-electron chi connectivity index (χ4n) is 4.91. The Bertz CT molecular complexity index is 1350. The van der Waals surface area contributed by atoms with Gasteiger partial charge < -0.3 is 25.7 Å². The van der Waals surface area contributed by atoms with Crippen molar-refractivity contribution in [3.05, 3.63) is 72.7 Å². The number of nitrogens with two attached hydrogens (primary N) is 1. The van der Waals surface area contributed by atoms with Gasteiger partial charge in [-0.05, 0) is 36.8 Å². The minimum atomic E-state index is -0.0850. The van der Waals surface area contributed by atoms with E-state index < -0.39 is 0 Å². The van der Waals surface area contributed by atoms with Crippen LogP contribution in [0.5, 0.6) is 5.75 Å². The summed E-state index contributed by atoms with van der Waals surface area (Å²) in [5, 5.41) is 6.76.